The van der Waals surface area contributed by atoms with Crippen LogP contribution in [0.5, 0.6) is 0 Å². The van der Waals surface area contributed by atoms with Crippen LogP contribution in [0, 0.1) is 0 Å². The van der Waals surface area contributed by atoms with Crippen LogP contribution < -0.4 is 5.73 Å². The number of alkyl halides is 3. The monoisotopic (exact) mass is 303 g/mol. The number of rotatable bonds is 2. The maximum atomic E-state index is 13.2. The van der Waals surface area contributed by atoms with E-state index in [2.05, 4.69) is 15.5 Å². The van der Waals surface area contributed by atoms with Crippen molar-refractivity contribution in [3.63, 3.8) is 0 Å². The van der Waals surface area contributed by atoms with Gasteiger partial charge in [0.2, 0.25) is 0 Å². The molecule has 0 saturated heterocycles. The molecule has 5 nitrogen and oxygen atoms in total. The van der Waals surface area contributed by atoms with E-state index in [4.69, 9.17) is 17.3 Å². The van der Waals surface area contributed by atoms with E-state index < -0.39 is 11.7 Å². The lowest BCUT2D eigenvalue weighted by atomic mass is 10.1. The molecule has 1 aromatic heterocycles. The topological polar surface area (TPSA) is 69.6 Å². The first-order valence-electron chi connectivity index (χ1n) is 5.77. The highest BCUT2D eigenvalue weighted by atomic mass is 35.5. The molecule has 0 bridgehead atoms. The molecule has 0 unspecified atom stereocenters. The van der Waals surface area contributed by atoms with Crippen LogP contribution in [0.25, 0.3) is 11.4 Å². The lowest BCUT2D eigenvalue weighted by molar-refractivity contribution is -0.182. The molecule has 0 atom stereocenters. The van der Waals surface area contributed by atoms with Gasteiger partial charge >= 0.3 is 6.18 Å². The molecule has 3 rings (SSSR count). The minimum absolute atomic E-state index is 0.0304. The van der Waals surface area contributed by atoms with E-state index >= 15 is 0 Å². The van der Waals surface area contributed by atoms with Crippen molar-refractivity contribution in [2.75, 3.05) is 5.73 Å². The van der Waals surface area contributed by atoms with E-state index in [-0.39, 0.29) is 34.9 Å². The lowest BCUT2D eigenvalue weighted by Gasteiger charge is -2.20. The minimum atomic E-state index is -4.41. The Hall–Kier alpha value is -1.83. The molecule has 0 spiro atoms. The summed E-state index contributed by atoms with van der Waals surface area (Å²) < 4.78 is 40.3. The Kier molecular flexibility index (Phi) is 2.69. The molecule has 1 aromatic carbocycles. The van der Waals surface area contributed by atoms with E-state index in [1.807, 2.05) is 0 Å². The zero-order valence-electron chi connectivity index (χ0n) is 10.0. The summed E-state index contributed by atoms with van der Waals surface area (Å²) in [5.41, 5.74) is 4.17. The number of hydrogen-bond acceptors (Lipinski definition) is 4. The molecular weight excluding hydrogens is 295 g/mol. The van der Waals surface area contributed by atoms with Gasteiger partial charge in [-0.25, -0.2) is 4.68 Å². The molecule has 2 aromatic rings. The number of benzene rings is 1. The molecule has 0 radical (unpaired) electrons. The first-order chi connectivity index (χ1) is 9.37. The van der Waals surface area contributed by atoms with Gasteiger partial charge in [-0.3, -0.25) is 0 Å². The standard InChI is InChI=1S/C11H9ClF3N5/c12-8-6(2-1-3-7(8)16)9-17-18-19-20(9)10(4-5-10)11(13,14)15/h1-3H,4-5,16H2. The summed E-state index contributed by atoms with van der Waals surface area (Å²) in [5.74, 6) is -0.0304. The van der Waals surface area contributed by atoms with Crippen molar-refractivity contribution in [3.05, 3.63) is 23.2 Å². The van der Waals surface area contributed by atoms with Crippen molar-refractivity contribution in [1.29, 1.82) is 0 Å². The number of hydrogen-bond donors (Lipinski definition) is 1. The fourth-order valence-electron chi connectivity index (χ4n) is 2.10. The maximum absolute atomic E-state index is 13.2. The normalized spacial score (nSPS) is 17.2. The van der Waals surface area contributed by atoms with E-state index in [1.54, 1.807) is 12.1 Å². The summed E-state index contributed by atoms with van der Waals surface area (Å²) in [5, 5.41) is 10.7. The van der Waals surface area contributed by atoms with Crippen LogP contribution in [0.1, 0.15) is 12.8 Å². The smallest absolute Gasteiger partial charge is 0.398 e. The fourth-order valence-corrected chi connectivity index (χ4v) is 2.31. The van der Waals surface area contributed by atoms with Crippen LogP contribution in [-0.2, 0) is 5.54 Å². The zero-order valence-corrected chi connectivity index (χ0v) is 10.8. The number of nitrogens with zero attached hydrogens (tertiary/aromatic N) is 4. The van der Waals surface area contributed by atoms with Crippen molar-refractivity contribution in [2.45, 2.75) is 24.6 Å². The van der Waals surface area contributed by atoms with Crippen LogP contribution in [0.2, 0.25) is 5.02 Å². The molecule has 2 N–H and O–H groups in total. The van der Waals surface area contributed by atoms with Crippen LogP contribution in [0.4, 0.5) is 18.9 Å². The highest BCUT2D eigenvalue weighted by Crippen LogP contribution is 2.56. The molecule has 1 heterocycles. The lowest BCUT2D eigenvalue weighted by Crippen LogP contribution is -2.36. The predicted octanol–water partition coefficient (Wildman–Crippen LogP) is 2.63. The van der Waals surface area contributed by atoms with Crippen molar-refractivity contribution in [2.24, 2.45) is 0 Å². The second-order valence-electron chi connectivity index (χ2n) is 4.65. The van der Waals surface area contributed by atoms with Crippen LogP contribution in [0.3, 0.4) is 0 Å². The second kappa shape index (κ2) is 4.08. The highest BCUT2D eigenvalue weighted by molar-refractivity contribution is 6.35. The molecule has 1 fully saturated rings. The first kappa shape index (κ1) is 13.2. The average molecular weight is 304 g/mol. The summed E-state index contributed by atoms with van der Waals surface area (Å²) in [4.78, 5) is 0. The number of halogens is 4. The Morgan fingerprint density at radius 3 is 2.60 bits per heavy atom. The number of tetrazole rings is 1. The van der Waals surface area contributed by atoms with Crippen LogP contribution in [0.15, 0.2) is 18.2 Å². The van der Waals surface area contributed by atoms with Gasteiger partial charge in [-0.1, -0.05) is 17.7 Å². The van der Waals surface area contributed by atoms with Gasteiger partial charge in [0.1, 0.15) is 0 Å². The van der Waals surface area contributed by atoms with Gasteiger partial charge in [-0.05, 0) is 35.4 Å². The zero-order chi connectivity index (χ0) is 14.5. The van der Waals surface area contributed by atoms with Crippen molar-refractivity contribution in [3.8, 4) is 11.4 Å². The van der Waals surface area contributed by atoms with Crippen molar-refractivity contribution >= 4 is 17.3 Å². The third kappa shape index (κ3) is 1.75. The minimum Gasteiger partial charge on any atom is -0.398 e. The average Bonchev–Trinajstić information content (AvgIpc) is 3.06. The Bertz CT molecular complexity index is 662. The summed E-state index contributed by atoms with van der Waals surface area (Å²) in [6.07, 6.45) is -4.51. The summed E-state index contributed by atoms with van der Waals surface area (Å²) in [6, 6.07) is 4.67. The van der Waals surface area contributed by atoms with E-state index in [1.165, 1.54) is 6.07 Å². The third-order valence-electron chi connectivity index (χ3n) is 3.40. The van der Waals surface area contributed by atoms with Gasteiger partial charge in [-0.15, -0.1) is 5.10 Å². The van der Waals surface area contributed by atoms with Crippen molar-refractivity contribution in [1.82, 2.24) is 20.2 Å². The van der Waals surface area contributed by atoms with Gasteiger partial charge in [0, 0.05) is 5.56 Å². The third-order valence-corrected chi connectivity index (χ3v) is 3.82. The molecule has 20 heavy (non-hydrogen) atoms. The quantitative estimate of drug-likeness (QED) is 0.866. The SMILES string of the molecule is Nc1cccc(-c2nnnn2C2(C(F)(F)F)CC2)c1Cl. The second-order valence-corrected chi connectivity index (χ2v) is 5.03. The Morgan fingerprint density at radius 1 is 1.30 bits per heavy atom. The molecule has 0 aliphatic heterocycles. The van der Waals surface area contributed by atoms with Gasteiger partial charge in [0.15, 0.2) is 11.4 Å². The number of nitrogens with two attached hydrogens (primary N) is 1. The summed E-state index contributed by atoms with van der Waals surface area (Å²) >= 11 is 6.03. The van der Waals surface area contributed by atoms with Gasteiger partial charge < -0.3 is 5.73 Å². The van der Waals surface area contributed by atoms with Gasteiger partial charge in [0.25, 0.3) is 0 Å². The van der Waals surface area contributed by atoms with E-state index in [9.17, 15) is 13.2 Å². The maximum Gasteiger partial charge on any atom is 0.413 e. The number of nitrogen functional groups attached to an aromatic ring is 1. The first-order valence-corrected chi connectivity index (χ1v) is 6.14. The molecule has 1 aliphatic rings. The van der Waals surface area contributed by atoms with Gasteiger partial charge in [-0.2, -0.15) is 13.2 Å². The van der Waals surface area contributed by atoms with E-state index in [0.29, 0.717) is 0 Å². The molecule has 106 valence electrons. The predicted molar refractivity (Wildman–Crippen MR) is 65.9 cm³/mol. The molecule has 1 saturated carbocycles. The number of anilines is 1. The molecule has 0 amide bonds. The Labute approximate surface area is 116 Å². The van der Waals surface area contributed by atoms with E-state index in [0.717, 1.165) is 4.68 Å². The Balaban J connectivity index is 2.15. The Morgan fingerprint density at radius 2 is 2.00 bits per heavy atom. The molecular formula is C11H9ClF3N5. The molecule has 9 heteroatoms. The summed E-state index contributed by atoms with van der Waals surface area (Å²) in [7, 11) is 0. The van der Waals surface area contributed by atoms with Crippen molar-refractivity contribution < 1.29 is 13.2 Å². The highest BCUT2D eigenvalue weighted by Gasteiger charge is 2.66. The number of aromatic nitrogens is 4. The summed E-state index contributed by atoms with van der Waals surface area (Å²) in [6.45, 7) is 0. The molecule has 1 aliphatic carbocycles. The largest absolute Gasteiger partial charge is 0.413 e. The van der Waals surface area contributed by atoms with Crippen LogP contribution >= 0.6 is 11.6 Å². The fraction of sp³-hybridized carbons (Fsp3) is 0.364. The van der Waals surface area contributed by atoms with Crippen LogP contribution in [-0.4, -0.2) is 26.4 Å². The van der Waals surface area contributed by atoms with Gasteiger partial charge in [0.05, 0.1) is 10.7 Å².